The molecule has 0 unspecified atom stereocenters. The average molecular weight is 209 g/mol. The van der Waals surface area contributed by atoms with Gasteiger partial charge in [-0.05, 0) is 30.7 Å². The lowest BCUT2D eigenvalue weighted by Crippen LogP contribution is -1.77. The Bertz CT molecular complexity index is 626. The van der Waals surface area contributed by atoms with Crippen LogP contribution in [-0.2, 0) is 0 Å². The Morgan fingerprint density at radius 3 is 2.50 bits per heavy atom. The van der Waals surface area contributed by atoms with Crippen LogP contribution >= 0.6 is 0 Å². The zero-order valence-electron chi connectivity index (χ0n) is 8.97. The summed E-state index contributed by atoms with van der Waals surface area (Å²) in [6, 6.07) is 15.9. The minimum absolute atomic E-state index is 0.685. The number of aryl methyl sites for hydroxylation is 1. The first kappa shape index (κ1) is 9.16. The summed E-state index contributed by atoms with van der Waals surface area (Å²) in [4.78, 5) is 4.52. The average Bonchev–Trinajstić information content (AvgIpc) is 2.76. The molecule has 1 aromatic heterocycles. The fourth-order valence-corrected chi connectivity index (χ4v) is 1.79. The number of hydrogen-bond donors (Lipinski definition) is 0. The van der Waals surface area contributed by atoms with Gasteiger partial charge in [0.2, 0.25) is 5.89 Å². The Morgan fingerprint density at radius 2 is 1.75 bits per heavy atom. The molecule has 16 heavy (non-hydrogen) atoms. The van der Waals surface area contributed by atoms with Gasteiger partial charge in [0.1, 0.15) is 5.52 Å². The number of para-hydroxylation sites is 1. The van der Waals surface area contributed by atoms with E-state index < -0.39 is 0 Å². The van der Waals surface area contributed by atoms with Gasteiger partial charge in [0.15, 0.2) is 5.58 Å². The van der Waals surface area contributed by atoms with Gasteiger partial charge in [-0.15, -0.1) is 0 Å². The van der Waals surface area contributed by atoms with Crippen molar-refractivity contribution in [3.8, 4) is 11.5 Å². The second kappa shape index (κ2) is 3.49. The highest BCUT2D eigenvalue weighted by molar-refractivity contribution is 5.79. The number of oxazole rings is 1. The Kier molecular flexibility index (Phi) is 2.00. The van der Waals surface area contributed by atoms with Crippen LogP contribution in [0.25, 0.3) is 22.6 Å². The van der Waals surface area contributed by atoms with E-state index in [1.165, 1.54) is 0 Å². The summed E-state index contributed by atoms with van der Waals surface area (Å²) in [5, 5.41) is 0. The highest BCUT2D eigenvalue weighted by Crippen LogP contribution is 2.25. The molecule has 0 saturated carbocycles. The molecule has 0 aliphatic rings. The summed E-state index contributed by atoms with van der Waals surface area (Å²) in [6.45, 7) is 2.04. The molecule has 0 fully saturated rings. The van der Waals surface area contributed by atoms with Crippen molar-refractivity contribution >= 4 is 11.1 Å². The smallest absolute Gasteiger partial charge is 0.227 e. The maximum absolute atomic E-state index is 5.72. The molecule has 2 nitrogen and oxygen atoms in total. The van der Waals surface area contributed by atoms with E-state index in [1.54, 1.807) is 0 Å². The summed E-state index contributed by atoms with van der Waals surface area (Å²) in [7, 11) is 0. The molecule has 0 bridgehead atoms. The van der Waals surface area contributed by atoms with Crippen LogP contribution in [0, 0.1) is 6.92 Å². The quantitative estimate of drug-likeness (QED) is 0.609. The van der Waals surface area contributed by atoms with Crippen LogP contribution in [0.4, 0.5) is 0 Å². The first-order chi connectivity index (χ1) is 7.84. The summed E-state index contributed by atoms with van der Waals surface area (Å²) in [5.74, 6) is 0.685. The lowest BCUT2D eigenvalue weighted by Gasteiger charge is -1.91. The molecule has 2 heteroatoms. The Morgan fingerprint density at radius 1 is 0.938 bits per heavy atom. The molecule has 0 saturated heterocycles. The van der Waals surface area contributed by atoms with Gasteiger partial charge in [-0.25, -0.2) is 4.98 Å². The highest BCUT2D eigenvalue weighted by Gasteiger charge is 2.08. The zero-order chi connectivity index (χ0) is 11.0. The second-order valence-corrected chi connectivity index (χ2v) is 3.81. The van der Waals surface area contributed by atoms with E-state index in [0.717, 1.165) is 22.2 Å². The van der Waals surface area contributed by atoms with Crippen LogP contribution in [-0.4, -0.2) is 4.98 Å². The van der Waals surface area contributed by atoms with Crippen molar-refractivity contribution < 1.29 is 4.42 Å². The first-order valence-electron chi connectivity index (χ1n) is 5.26. The number of rotatable bonds is 1. The molecule has 78 valence electrons. The van der Waals surface area contributed by atoms with Crippen molar-refractivity contribution in [1.82, 2.24) is 4.98 Å². The number of aromatic nitrogens is 1. The maximum Gasteiger partial charge on any atom is 0.227 e. The molecule has 0 radical (unpaired) electrons. The molecule has 0 atom stereocenters. The van der Waals surface area contributed by atoms with E-state index in [2.05, 4.69) is 4.98 Å². The fraction of sp³-hybridized carbons (Fsp3) is 0.0714. The summed E-state index contributed by atoms with van der Waals surface area (Å²) >= 11 is 0. The van der Waals surface area contributed by atoms with E-state index in [1.807, 2.05) is 55.5 Å². The third-order valence-electron chi connectivity index (χ3n) is 2.64. The van der Waals surface area contributed by atoms with Crippen LogP contribution in [0.1, 0.15) is 5.56 Å². The molecule has 0 aliphatic carbocycles. The van der Waals surface area contributed by atoms with Crippen LogP contribution < -0.4 is 0 Å². The monoisotopic (exact) mass is 209 g/mol. The van der Waals surface area contributed by atoms with Crippen LogP contribution in [0.3, 0.4) is 0 Å². The fourth-order valence-electron chi connectivity index (χ4n) is 1.79. The lowest BCUT2D eigenvalue weighted by molar-refractivity contribution is 0.620. The van der Waals surface area contributed by atoms with Crippen molar-refractivity contribution in [2.24, 2.45) is 0 Å². The SMILES string of the molecule is Cc1cccc2oc(-c3ccccc3)nc12. The lowest BCUT2D eigenvalue weighted by atomic mass is 10.2. The number of nitrogens with zero attached hydrogens (tertiary/aromatic N) is 1. The zero-order valence-corrected chi connectivity index (χ0v) is 8.97. The summed E-state index contributed by atoms with van der Waals surface area (Å²) in [6.07, 6.45) is 0. The van der Waals surface area contributed by atoms with E-state index in [9.17, 15) is 0 Å². The van der Waals surface area contributed by atoms with E-state index in [4.69, 9.17) is 4.42 Å². The molecule has 3 aromatic rings. The largest absolute Gasteiger partial charge is 0.436 e. The molecule has 2 aromatic carbocycles. The number of hydrogen-bond acceptors (Lipinski definition) is 2. The third kappa shape index (κ3) is 1.39. The minimum atomic E-state index is 0.685. The van der Waals surface area contributed by atoms with Crippen LogP contribution in [0.15, 0.2) is 52.9 Å². The van der Waals surface area contributed by atoms with Gasteiger partial charge in [0, 0.05) is 5.56 Å². The van der Waals surface area contributed by atoms with Gasteiger partial charge in [0.05, 0.1) is 0 Å². The van der Waals surface area contributed by atoms with Crippen LogP contribution in [0.5, 0.6) is 0 Å². The molecular weight excluding hydrogens is 198 g/mol. The molecule has 1 heterocycles. The molecule has 0 spiro atoms. The Labute approximate surface area is 93.5 Å². The summed E-state index contributed by atoms with van der Waals surface area (Å²) in [5.41, 5.74) is 3.95. The van der Waals surface area contributed by atoms with Gasteiger partial charge >= 0.3 is 0 Å². The Balaban J connectivity index is 2.23. The molecule has 0 aliphatic heterocycles. The van der Waals surface area contributed by atoms with E-state index >= 15 is 0 Å². The van der Waals surface area contributed by atoms with E-state index in [0.29, 0.717) is 5.89 Å². The van der Waals surface area contributed by atoms with E-state index in [-0.39, 0.29) is 0 Å². The summed E-state index contributed by atoms with van der Waals surface area (Å²) < 4.78 is 5.72. The van der Waals surface area contributed by atoms with Crippen LogP contribution in [0.2, 0.25) is 0 Å². The van der Waals surface area contributed by atoms with Crippen molar-refractivity contribution in [2.45, 2.75) is 6.92 Å². The second-order valence-electron chi connectivity index (χ2n) is 3.81. The first-order valence-corrected chi connectivity index (χ1v) is 5.26. The van der Waals surface area contributed by atoms with Crippen molar-refractivity contribution in [3.05, 3.63) is 54.1 Å². The van der Waals surface area contributed by atoms with Gasteiger partial charge in [-0.3, -0.25) is 0 Å². The van der Waals surface area contributed by atoms with Gasteiger partial charge < -0.3 is 4.42 Å². The standard InChI is InChI=1S/C14H11NO/c1-10-6-5-9-12-13(10)15-14(16-12)11-7-3-2-4-8-11/h2-9H,1H3. The predicted octanol–water partition coefficient (Wildman–Crippen LogP) is 3.80. The number of fused-ring (bicyclic) bond motifs is 1. The van der Waals surface area contributed by atoms with Gasteiger partial charge in [0.25, 0.3) is 0 Å². The normalized spacial score (nSPS) is 10.8. The predicted molar refractivity (Wildman–Crippen MR) is 64.2 cm³/mol. The van der Waals surface area contributed by atoms with Gasteiger partial charge in [-0.2, -0.15) is 0 Å². The maximum atomic E-state index is 5.72. The third-order valence-corrected chi connectivity index (χ3v) is 2.64. The molecular formula is C14H11NO. The minimum Gasteiger partial charge on any atom is -0.436 e. The van der Waals surface area contributed by atoms with Crippen molar-refractivity contribution in [2.75, 3.05) is 0 Å². The number of benzene rings is 2. The highest BCUT2D eigenvalue weighted by atomic mass is 16.3. The van der Waals surface area contributed by atoms with Gasteiger partial charge in [-0.1, -0.05) is 30.3 Å². The topological polar surface area (TPSA) is 26.0 Å². The molecule has 3 rings (SSSR count). The van der Waals surface area contributed by atoms with Crippen molar-refractivity contribution in [1.29, 1.82) is 0 Å². The molecule has 0 amide bonds. The molecule has 0 N–H and O–H groups in total. The Hall–Kier alpha value is -2.09. The van der Waals surface area contributed by atoms with Crippen molar-refractivity contribution in [3.63, 3.8) is 0 Å².